The van der Waals surface area contributed by atoms with Crippen molar-refractivity contribution in [3.8, 4) is 0 Å². The van der Waals surface area contributed by atoms with E-state index in [9.17, 15) is 18.0 Å². The number of likely N-dealkylation sites (N-methyl/N-ethyl adjacent to an activating group) is 1. The van der Waals surface area contributed by atoms with E-state index in [0.29, 0.717) is 0 Å². The monoisotopic (exact) mass is 184 g/mol. The molecule has 0 atom stereocenters. The predicted octanol–water partition coefficient (Wildman–Crippen LogP) is 0.356. The summed E-state index contributed by atoms with van der Waals surface area (Å²) >= 11 is 0. The highest BCUT2D eigenvalue weighted by Gasteiger charge is 2.30. The number of nitrogens with zero attached hydrogens (tertiary/aromatic N) is 1. The summed E-state index contributed by atoms with van der Waals surface area (Å²) in [4.78, 5) is 11.2. The highest BCUT2D eigenvalue weighted by molar-refractivity contribution is 5.75. The van der Waals surface area contributed by atoms with Gasteiger partial charge in [-0.1, -0.05) is 6.92 Å². The van der Waals surface area contributed by atoms with Crippen LogP contribution in [0.2, 0.25) is 0 Å². The lowest BCUT2D eigenvalue weighted by molar-refractivity contribution is -0.147. The lowest BCUT2D eigenvalue weighted by Gasteiger charge is -2.19. The molecule has 0 saturated heterocycles. The SMILES string of the molecule is CCN(CC(N)=O)CC(F)(F)F. The number of carbonyl (C=O) groups excluding carboxylic acids is 1. The van der Waals surface area contributed by atoms with Gasteiger partial charge in [0.25, 0.3) is 0 Å². The molecule has 0 aromatic carbocycles. The van der Waals surface area contributed by atoms with Crippen molar-refractivity contribution in [1.82, 2.24) is 4.90 Å². The van der Waals surface area contributed by atoms with Crippen molar-refractivity contribution in [2.45, 2.75) is 13.1 Å². The molecule has 6 heteroatoms. The van der Waals surface area contributed by atoms with Gasteiger partial charge in [0.1, 0.15) is 0 Å². The summed E-state index contributed by atoms with van der Waals surface area (Å²) in [6.07, 6.45) is -4.27. The minimum atomic E-state index is -4.27. The number of hydrogen-bond donors (Lipinski definition) is 1. The molecule has 0 bridgehead atoms. The molecule has 0 aromatic rings. The van der Waals surface area contributed by atoms with E-state index >= 15 is 0 Å². The van der Waals surface area contributed by atoms with Gasteiger partial charge in [0.05, 0.1) is 13.1 Å². The molecule has 2 N–H and O–H groups in total. The Morgan fingerprint density at radius 1 is 1.50 bits per heavy atom. The molecule has 0 unspecified atom stereocenters. The molecule has 0 saturated carbocycles. The normalized spacial score (nSPS) is 12.1. The van der Waals surface area contributed by atoms with Crippen LogP contribution in [0, 0.1) is 0 Å². The van der Waals surface area contributed by atoms with E-state index in [1.807, 2.05) is 0 Å². The second-order valence-corrected chi connectivity index (χ2v) is 2.38. The van der Waals surface area contributed by atoms with Crippen molar-refractivity contribution in [3.63, 3.8) is 0 Å². The summed E-state index contributed by atoms with van der Waals surface area (Å²) in [5, 5.41) is 0. The topological polar surface area (TPSA) is 46.3 Å². The number of alkyl halides is 3. The number of primary amides is 1. The fraction of sp³-hybridized carbons (Fsp3) is 0.833. The van der Waals surface area contributed by atoms with Crippen LogP contribution in [0.3, 0.4) is 0 Å². The van der Waals surface area contributed by atoms with Crippen molar-refractivity contribution >= 4 is 5.91 Å². The Labute approximate surface area is 68.3 Å². The van der Waals surface area contributed by atoms with E-state index in [-0.39, 0.29) is 13.1 Å². The zero-order valence-corrected chi connectivity index (χ0v) is 6.69. The van der Waals surface area contributed by atoms with Crippen molar-refractivity contribution in [2.75, 3.05) is 19.6 Å². The molecule has 0 spiro atoms. The fourth-order valence-electron chi connectivity index (χ4n) is 0.753. The van der Waals surface area contributed by atoms with Crippen molar-refractivity contribution in [2.24, 2.45) is 5.73 Å². The van der Waals surface area contributed by atoms with Gasteiger partial charge in [-0.05, 0) is 6.54 Å². The zero-order valence-electron chi connectivity index (χ0n) is 6.69. The predicted molar refractivity (Wildman–Crippen MR) is 37.4 cm³/mol. The highest BCUT2D eigenvalue weighted by Crippen LogP contribution is 2.15. The summed E-state index contributed by atoms with van der Waals surface area (Å²) < 4.78 is 35.2. The molecule has 0 aliphatic heterocycles. The smallest absolute Gasteiger partial charge is 0.369 e. The van der Waals surface area contributed by atoms with Crippen LogP contribution < -0.4 is 5.73 Å². The molecule has 0 radical (unpaired) electrons. The van der Waals surface area contributed by atoms with Crippen LogP contribution in [-0.2, 0) is 4.79 Å². The number of amides is 1. The maximum Gasteiger partial charge on any atom is 0.401 e. The first kappa shape index (κ1) is 11.2. The Morgan fingerprint density at radius 2 is 2.00 bits per heavy atom. The molecule has 0 rings (SSSR count). The van der Waals surface area contributed by atoms with Crippen LogP contribution in [0.15, 0.2) is 0 Å². The quantitative estimate of drug-likeness (QED) is 0.685. The van der Waals surface area contributed by atoms with Gasteiger partial charge in [-0.25, -0.2) is 0 Å². The summed E-state index contributed by atoms with van der Waals surface area (Å²) in [6.45, 7) is 0.250. The van der Waals surface area contributed by atoms with E-state index in [1.165, 1.54) is 6.92 Å². The Morgan fingerprint density at radius 3 is 2.25 bits per heavy atom. The van der Waals surface area contributed by atoms with Gasteiger partial charge in [0.2, 0.25) is 5.91 Å². The van der Waals surface area contributed by atoms with E-state index in [1.54, 1.807) is 0 Å². The Hall–Kier alpha value is -0.780. The number of halogens is 3. The van der Waals surface area contributed by atoms with Gasteiger partial charge in [-0.3, -0.25) is 9.69 Å². The largest absolute Gasteiger partial charge is 0.401 e. The molecular formula is C6H11F3N2O. The molecule has 0 aliphatic carbocycles. The average Bonchev–Trinajstić information content (AvgIpc) is 1.82. The lowest BCUT2D eigenvalue weighted by Crippen LogP contribution is -2.39. The fourth-order valence-corrected chi connectivity index (χ4v) is 0.753. The number of carbonyl (C=O) groups is 1. The average molecular weight is 184 g/mol. The van der Waals surface area contributed by atoms with Gasteiger partial charge in [0, 0.05) is 0 Å². The molecule has 12 heavy (non-hydrogen) atoms. The third kappa shape index (κ3) is 5.96. The van der Waals surface area contributed by atoms with E-state index in [4.69, 9.17) is 5.73 Å². The van der Waals surface area contributed by atoms with Crippen LogP contribution in [0.4, 0.5) is 13.2 Å². The lowest BCUT2D eigenvalue weighted by atomic mass is 10.4. The van der Waals surface area contributed by atoms with Crippen molar-refractivity contribution in [3.05, 3.63) is 0 Å². The van der Waals surface area contributed by atoms with Gasteiger partial charge in [-0.2, -0.15) is 13.2 Å². The maximum absolute atomic E-state index is 11.7. The zero-order chi connectivity index (χ0) is 9.78. The van der Waals surface area contributed by atoms with E-state index < -0.39 is 18.6 Å². The van der Waals surface area contributed by atoms with Crippen LogP contribution in [0.25, 0.3) is 0 Å². The Kier molecular flexibility index (Phi) is 4.02. The molecule has 3 nitrogen and oxygen atoms in total. The minimum absolute atomic E-state index is 0.155. The summed E-state index contributed by atoms with van der Waals surface area (Å²) in [7, 11) is 0. The standard InChI is InChI=1S/C6H11F3N2O/c1-2-11(3-5(10)12)4-6(7,8)9/h2-4H2,1H3,(H2,10,12). The van der Waals surface area contributed by atoms with E-state index in [0.717, 1.165) is 4.90 Å². The Bertz CT molecular complexity index is 157. The molecular weight excluding hydrogens is 173 g/mol. The van der Waals surface area contributed by atoms with Gasteiger partial charge >= 0.3 is 6.18 Å². The van der Waals surface area contributed by atoms with Crippen molar-refractivity contribution < 1.29 is 18.0 Å². The van der Waals surface area contributed by atoms with Crippen LogP contribution in [-0.4, -0.2) is 36.6 Å². The number of rotatable bonds is 4. The first-order chi connectivity index (χ1) is 5.35. The summed E-state index contributed by atoms with van der Waals surface area (Å²) in [6, 6.07) is 0. The minimum Gasteiger partial charge on any atom is -0.369 e. The second-order valence-electron chi connectivity index (χ2n) is 2.38. The first-order valence-corrected chi connectivity index (χ1v) is 3.42. The Balaban J connectivity index is 3.92. The molecule has 0 heterocycles. The van der Waals surface area contributed by atoms with Gasteiger partial charge in [0.15, 0.2) is 0 Å². The number of hydrogen-bond acceptors (Lipinski definition) is 2. The molecule has 1 amide bonds. The summed E-state index contributed by atoms with van der Waals surface area (Å²) in [5.74, 6) is -0.749. The molecule has 0 fully saturated rings. The molecule has 0 aromatic heterocycles. The third-order valence-electron chi connectivity index (χ3n) is 1.23. The second kappa shape index (κ2) is 4.30. The van der Waals surface area contributed by atoms with E-state index in [2.05, 4.69) is 0 Å². The maximum atomic E-state index is 11.7. The van der Waals surface area contributed by atoms with Crippen LogP contribution in [0.1, 0.15) is 6.92 Å². The molecule has 72 valence electrons. The van der Waals surface area contributed by atoms with Crippen LogP contribution >= 0.6 is 0 Å². The van der Waals surface area contributed by atoms with Gasteiger partial charge in [-0.15, -0.1) is 0 Å². The highest BCUT2D eigenvalue weighted by atomic mass is 19.4. The van der Waals surface area contributed by atoms with Gasteiger partial charge < -0.3 is 5.73 Å². The number of nitrogens with two attached hydrogens (primary N) is 1. The molecule has 0 aliphatic rings. The van der Waals surface area contributed by atoms with Crippen LogP contribution in [0.5, 0.6) is 0 Å². The first-order valence-electron chi connectivity index (χ1n) is 3.42. The third-order valence-corrected chi connectivity index (χ3v) is 1.23. The van der Waals surface area contributed by atoms with Crippen molar-refractivity contribution in [1.29, 1.82) is 0 Å². The summed E-state index contributed by atoms with van der Waals surface area (Å²) in [5.41, 5.74) is 4.74.